The van der Waals surface area contributed by atoms with Gasteiger partial charge in [-0.05, 0) is 119 Å². The number of Topliss-reactive ketones (excluding diaryl/α,β-unsaturated/α-hetero) is 4. The molecular formula is C84H136N4O8S2. The van der Waals surface area contributed by atoms with Gasteiger partial charge in [-0.25, -0.2) is 0 Å². The van der Waals surface area contributed by atoms with E-state index in [2.05, 4.69) is 164 Å². The monoisotopic (exact) mass is 1390 g/mol. The number of hydrogen-bond donors (Lipinski definition) is 4. The normalized spacial score (nSPS) is 23.9. The highest BCUT2D eigenvalue weighted by Gasteiger charge is 2.69. The summed E-state index contributed by atoms with van der Waals surface area (Å²) in [5, 5.41) is 12.4. The molecule has 4 N–H and O–H groups in total. The number of carbonyl (C=O) groups is 8. The highest BCUT2D eigenvalue weighted by molar-refractivity contribution is 7.59. The van der Waals surface area contributed by atoms with Crippen LogP contribution < -0.4 is 21.3 Å². The van der Waals surface area contributed by atoms with Crippen LogP contribution in [0.5, 0.6) is 0 Å². The Morgan fingerprint density at radius 3 is 0.694 bits per heavy atom. The van der Waals surface area contributed by atoms with Gasteiger partial charge in [-0.2, -0.15) is 27.0 Å². The molecule has 0 heterocycles. The minimum absolute atomic E-state index is 0. The van der Waals surface area contributed by atoms with Crippen LogP contribution in [0.2, 0.25) is 0 Å². The van der Waals surface area contributed by atoms with Crippen LogP contribution in [0.15, 0.2) is 0 Å². The summed E-state index contributed by atoms with van der Waals surface area (Å²) < 4.78 is 0. The molecule has 0 aliphatic heterocycles. The fourth-order valence-electron chi connectivity index (χ4n) is 12.4. The average molecular weight is 1390 g/mol. The highest BCUT2D eigenvalue weighted by atomic mass is 32.1. The van der Waals surface area contributed by atoms with Crippen molar-refractivity contribution in [2.45, 2.75) is 310 Å². The summed E-state index contributed by atoms with van der Waals surface area (Å²) in [5.74, 6) is 27.3. The largest absolute Gasteiger partial charge is 0.343 e. The van der Waals surface area contributed by atoms with E-state index in [0.717, 1.165) is 25.7 Å². The lowest BCUT2D eigenvalue weighted by Crippen LogP contribution is -2.53. The van der Waals surface area contributed by atoms with E-state index < -0.39 is 65.5 Å². The molecular weight excluding hydrogens is 1260 g/mol. The van der Waals surface area contributed by atoms with Crippen molar-refractivity contribution in [1.82, 2.24) is 21.3 Å². The zero-order chi connectivity index (χ0) is 76.2. The first kappa shape index (κ1) is 94.7. The second-order valence-electron chi connectivity index (χ2n) is 41.0. The van der Waals surface area contributed by atoms with Crippen molar-refractivity contribution < 1.29 is 38.4 Å². The fraction of sp³-hybridized carbons (Fsp3) is 0.762. The minimum atomic E-state index is -0.866. The molecule has 14 heteroatoms. The van der Waals surface area contributed by atoms with Gasteiger partial charge in [-0.1, -0.05) is 261 Å². The summed E-state index contributed by atoms with van der Waals surface area (Å²) in [7, 11) is 0. The Bertz CT molecular complexity index is 3060. The van der Waals surface area contributed by atoms with Crippen molar-refractivity contribution in [1.29, 1.82) is 0 Å². The van der Waals surface area contributed by atoms with Crippen molar-refractivity contribution in [3.63, 3.8) is 0 Å². The van der Waals surface area contributed by atoms with Crippen LogP contribution in [0.3, 0.4) is 0 Å². The van der Waals surface area contributed by atoms with Gasteiger partial charge in [0.25, 0.3) is 0 Å². The van der Waals surface area contributed by atoms with Gasteiger partial charge in [-0.15, -0.1) is 12.8 Å². The summed E-state index contributed by atoms with van der Waals surface area (Å²) in [6.45, 7) is 71.1. The fourth-order valence-corrected chi connectivity index (χ4v) is 12.4. The van der Waals surface area contributed by atoms with E-state index in [-0.39, 0.29) is 131 Å². The van der Waals surface area contributed by atoms with Gasteiger partial charge in [0.05, 0.1) is 0 Å². The van der Waals surface area contributed by atoms with Gasteiger partial charge in [0.1, 0.15) is 22.2 Å². The second-order valence-corrected chi connectivity index (χ2v) is 41.0. The Labute approximate surface area is 612 Å². The molecule has 0 radical (unpaired) electrons. The Hall–Kier alpha value is -5.38. The Morgan fingerprint density at radius 1 is 0.316 bits per heavy atom. The molecule has 4 fully saturated rings. The van der Waals surface area contributed by atoms with Crippen molar-refractivity contribution in [3.8, 4) is 72.1 Å². The van der Waals surface area contributed by atoms with E-state index in [1.807, 2.05) is 166 Å². The molecule has 4 aliphatic carbocycles. The van der Waals surface area contributed by atoms with E-state index in [1.54, 1.807) is 0 Å². The Morgan fingerprint density at radius 2 is 0.520 bits per heavy atom. The van der Waals surface area contributed by atoms with Crippen LogP contribution >= 0.6 is 27.0 Å². The zero-order valence-corrected chi connectivity index (χ0v) is 70.1. The zero-order valence-electron chi connectivity index (χ0n) is 68.1. The van der Waals surface area contributed by atoms with E-state index >= 15 is 0 Å². The second kappa shape index (κ2) is 32.3. The lowest BCUT2D eigenvalue weighted by molar-refractivity contribution is -0.137. The minimum Gasteiger partial charge on any atom is -0.343 e. The van der Waals surface area contributed by atoms with Gasteiger partial charge in [0.15, 0.2) is 23.1 Å². The first-order valence-electron chi connectivity index (χ1n) is 34.8. The highest BCUT2D eigenvalue weighted by Crippen LogP contribution is 2.59. The maximum atomic E-state index is 13.3. The van der Waals surface area contributed by atoms with Gasteiger partial charge >= 0.3 is 0 Å². The van der Waals surface area contributed by atoms with Gasteiger partial charge in [0.2, 0.25) is 23.6 Å². The molecule has 0 bridgehead atoms. The molecule has 4 saturated carbocycles. The molecule has 0 aromatic rings. The molecule has 0 aromatic carbocycles. The molecule has 2 unspecified atom stereocenters. The van der Waals surface area contributed by atoms with E-state index in [4.69, 9.17) is 12.8 Å². The van der Waals surface area contributed by atoms with Gasteiger partial charge < -0.3 is 21.3 Å². The summed E-state index contributed by atoms with van der Waals surface area (Å²) in [6.07, 6.45) is 15.0. The molecule has 4 rings (SSSR count). The molecule has 4 aliphatic rings. The molecule has 0 saturated heterocycles. The smallest absolute Gasteiger partial charge is 0.226 e. The third-order valence-electron chi connectivity index (χ3n) is 17.9. The molecule has 0 aromatic heterocycles. The molecule has 98 heavy (non-hydrogen) atoms. The summed E-state index contributed by atoms with van der Waals surface area (Å²) in [5.41, 5.74) is -7.08. The van der Waals surface area contributed by atoms with E-state index in [1.165, 1.54) is 0 Å². The van der Waals surface area contributed by atoms with Crippen molar-refractivity contribution in [3.05, 3.63) is 0 Å². The number of carbonyl (C=O) groups excluding carboxylic acids is 8. The molecule has 10 atom stereocenters. The standard InChI is InChI=1S/2C24H33NO2.2C18H33NO2.2H2S/c2*1-11-12-13-14-15-17(21(2,3)4)18-16-24(18,19(26)22(5,6)7)25-20(27)23(8,9)10;2*1-15(2,3)10-12-11-18(12,13(20)16(4,5)6)19-14(21)17(7,8)9;;/h2*1,17-18H,16H2,2-10H3,(H,25,27);2*12H,10-11H2,1-9H3,(H,19,21);2*1H2/t17?,18-,24+;17?,18-,24-;12-,18+;12-,18-;;/m1001../s1. The molecule has 4 amide bonds. The lowest BCUT2D eigenvalue weighted by Gasteiger charge is -2.33. The van der Waals surface area contributed by atoms with Crippen LogP contribution in [0.4, 0.5) is 0 Å². The molecule has 0 spiro atoms. The summed E-state index contributed by atoms with van der Waals surface area (Å²) in [6, 6.07) is 0. The Balaban J connectivity index is 0. The topological polar surface area (TPSA) is 185 Å². The van der Waals surface area contributed by atoms with E-state index in [0.29, 0.717) is 12.8 Å². The molecule has 552 valence electrons. The maximum Gasteiger partial charge on any atom is 0.226 e. The first-order chi connectivity index (χ1) is 42.3. The third-order valence-corrected chi connectivity index (χ3v) is 17.9. The van der Waals surface area contributed by atoms with Crippen molar-refractivity contribution in [2.24, 2.45) is 100 Å². The van der Waals surface area contributed by atoms with Gasteiger partial charge in [0, 0.05) is 67.0 Å². The van der Waals surface area contributed by atoms with Crippen molar-refractivity contribution in [2.75, 3.05) is 0 Å². The quantitative estimate of drug-likeness (QED) is 0.139. The number of rotatable bonds is 12. The molecule has 12 nitrogen and oxygen atoms in total. The average Bonchev–Trinajstić information content (AvgIpc) is 1.58. The predicted octanol–water partition coefficient (Wildman–Crippen LogP) is 15.8. The summed E-state index contributed by atoms with van der Waals surface area (Å²) in [4.78, 5) is 103. The number of amides is 4. The van der Waals surface area contributed by atoms with Crippen LogP contribution in [0.25, 0.3) is 0 Å². The van der Waals surface area contributed by atoms with Crippen LogP contribution in [0, 0.1) is 173 Å². The number of ketones is 4. The number of nitrogens with one attached hydrogen (secondary N) is 4. The Kier molecular flexibility index (Phi) is 31.2. The number of hydrogen-bond acceptors (Lipinski definition) is 8. The first-order valence-corrected chi connectivity index (χ1v) is 34.8. The van der Waals surface area contributed by atoms with Gasteiger partial charge in [-0.3, -0.25) is 38.4 Å². The number of terminal acetylenes is 2. The third kappa shape index (κ3) is 26.9. The SMILES string of the molecule is C#CC#CC#CC([C@@H]1C[C@@]1(NC(=O)C(C)(C)C)C(=O)C(C)(C)C)C(C)(C)C.C#CC#CC#CC([C@H]1C[C@@]1(NC(=O)C(C)(C)C)C(=O)C(C)(C)C)C(C)(C)C.CC(C)(C)C[C@@H]1C[C@]1(NC(=O)C(C)(C)C)C(=O)C(C)(C)C.CC(C)(C)C[C@H]1C[C@]1(NC(=O)C(C)(C)C)C(=O)C(C)(C)C.S.S. The van der Waals surface area contributed by atoms with Crippen molar-refractivity contribution >= 4 is 73.8 Å². The summed E-state index contributed by atoms with van der Waals surface area (Å²) >= 11 is 0. The van der Waals surface area contributed by atoms with E-state index in [9.17, 15) is 38.4 Å². The lowest BCUT2D eigenvalue weighted by atomic mass is 9.74. The van der Waals surface area contributed by atoms with Crippen LogP contribution in [-0.4, -0.2) is 68.9 Å². The van der Waals surface area contributed by atoms with Crippen LogP contribution in [0.1, 0.15) is 288 Å². The predicted molar refractivity (Wildman–Crippen MR) is 415 cm³/mol. The maximum absolute atomic E-state index is 13.3. The van der Waals surface area contributed by atoms with Crippen LogP contribution in [-0.2, 0) is 38.4 Å².